The Morgan fingerprint density at radius 3 is 1.50 bits per heavy atom. The van der Waals surface area contributed by atoms with Crippen LogP contribution in [-0.4, -0.2) is 69.4 Å². The van der Waals surface area contributed by atoms with Crippen LogP contribution in [-0.2, 0) is 54.1 Å². The topological polar surface area (TPSA) is 102 Å². The second-order valence-electron chi connectivity index (χ2n) is 14.3. The summed E-state index contributed by atoms with van der Waals surface area (Å²) in [5.41, 5.74) is 4.57. The van der Waals surface area contributed by atoms with Gasteiger partial charge in [0.05, 0.1) is 48.3 Å². The minimum absolute atomic E-state index is 0.0270. The molecule has 0 unspecified atom stereocenters. The summed E-state index contributed by atoms with van der Waals surface area (Å²) >= 11 is 0. The molecule has 1 aliphatic heterocycles. The van der Waals surface area contributed by atoms with Crippen LogP contribution in [0, 0.1) is 13.8 Å². The summed E-state index contributed by atoms with van der Waals surface area (Å²) in [5.74, 6) is 0. The van der Waals surface area contributed by atoms with Crippen LogP contribution >= 0.6 is 0 Å². The Labute approximate surface area is 333 Å². The van der Waals surface area contributed by atoms with Crippen molar-refractivity contribution >= 4 is 20.0 Å². The molecule has 296 valence electrons. The van der Waals surface area contributed by atoms with Gasteiger partial charge in [-0.25, -0.2) is 16.8 Å². The molecule has 1 saturated heterocycles. The predicted molar refractivity (Wildman–Crippen MR) is 219 cm³/mol. The molecule has 0 amide bonds. The average molecular weight is 797 g/mol. The van der Waals surface area contributed by atoms with E-state index < -0.39 is 44.3 Å². The van der Waals surface area contributed by atoms with Crippen molar-refractivity contribution in [3.63, 3.8) is 0 Å². The van der Waals surface area contributed by atoms with Crippen molar-refractivity contribution in [1.29, 1.82) is 0 Å². The van der Waals surface area contributed by atoms with Crippen LogP contribution in [0.15, 0.2) is 149 Å². The molecule has 6 rings (SSSR count). The zero-order valence-corrected chi connectivity index (χ0v) is 33.9. The van der Waals surface area contributed by atoms with Crippen LogP contribution in [0.4, 0.5) is 0 Å². The summed E-state index contributed by atoms with van der Waals surface area (Å²) in [6.45, 7) is 6.38. The summed E-state index contributed by atoms with van der Waals surface area (Å²) < 4.78 is 82.3. The monoisotopic (exact) mass is 796 g/mol. The van der Waals surface area contributed by atoms with E-state index in [9.17, 15) is 8.42 Å². The van der Waals surface area contributed by atoms with Gasteiger partial charge in [0.25, 0.3) is 0 Å². The van der Waals surface area contributed by atoms with E-state index in [0.717, 1.165) is 34.2 Å². The van der Waals surface area contributed by atoms with E-state index in [2.05, 4.69) is 0 Å². The second kappa shape index (κ2) is 19.3. The van der Waals surface area contributed by atoms with Crippen LogP contribution in [0.5, 0.6) is 0 Å². The zero-order valence-electron chi connectivity index (χ0n) is 32.3. The molecule has 0 N–H and O–H groups in total. The fourth-order valence-corrected chi connectivity index (χ4v) is 10.3. The maximum Gasteiger partial charge on any atom is 0.243 e. The lowest BCUT2D eigenvalue weighted by Gasteiger charge is -2.34. The van der Waals surface area contributed by atoms with Crippen molar-refractivity contribution in [2.24, 2.45) is 0 Å². The first-order valence-electron chi connectivity index (χ1n) is 19.2. The molecular formula is C45H52N2O7S2. The fourth-order valence-electron chi connectivity index (χ4n) is 7.04. The third-order valence-corrected chi connectivity index (χ3v) is 14.0. The van der Waals surface area contributed by atoms with Crippen molar-refractivity contribution in [1.82, 2.24) is 8.61 Å². The normalized spacial score (nSPS) is 19.1. The van der Waals surface area contributed by atoms with Crippen LogP contribution in [0.3, 0.4) is 0 Å². The Hall–Kier alpha value is -4.20. The Bertz CT molecular complexity index is 2170. The van der Waals surface area contributed by atoms with E-state index in [4.69, 9.17) is 14.2 Å². The van der Waals surface area contributed by atoms with Gasteiger partial charge in [0, 0.05) is 13.1 Å². The van der Waals surface area contributed by atoms with E-state index in [1.54, 1.807) is 48.5 Å². The number of unbranched alkanes of at least 4 members (excludes halogenated alkanes) is 1. The number of hydrogen-bond acceptors (Lipinski definition) is 7. The molecule has 11 heteroatoms. The number of aryl methyl sites for hydroxylation is 2. The van der Waals surface area contributed by atoms with Crippen LogP contribution in [0.25, 0.3) is 0 Å². The van der Waals surface area contributed by atoms with Crippen molar-refractivity contribution < 1.29 is 31.0 Å². The van der Waals surface area contributed by atoms with E-state index in [1.807, 2.05) is 112 Å². The van der Waals surface area contributed by atoms with Gasteiger partial charge < -0.3 is 14.2 Å². The standard InChI is InChI=1S/C45H52N2O7S2/c1-4-5-29-46(55(48,49)40-25-21-35(2)22-26-40)30-42-44(53-32-38-17-11-7-12-18-38)45(54-33-39-19-13-8-14-20-39)43(34-52-31-37-15-9-6-10-16-37)47(42)56(50,51)41-27-23-36(3)24-28-41/h6-28,42-45H,4-5,29-34H2,1-3H3/t42-,43-,44+,45+/m0/s1. The van der Waals surface area contributed by atoms with Gasteiger partial charge in [0.1, 0.15) is 12.2 Å². The summed E-state index contributed by atoms with van der Waals surface area (Å²) in [7, 11) is -8.36. The first-order valence-corrected chi connectivity index (χ1v) is 22.1. The van der Waals surface area contributed by atoms with Crippen molar-refractivity contribution in [2.75, 3.05) is 19.7 Å². The maximum absolute atomic E-state index is 15.2. The van der Waals surface area contributed by atoms with Gasteiger partial charge in [-0.15, -0.1) is 0 Å². The van der Waals surface area contributed by atoms with Crippen LogP contribution in [0.1, 0.15) is 47.6 Å². The smallest absolute Gasteiger partial charge is 0.243 e. The zero-order chi connectivity index (χ0) is 39.5. The molecule has 1 aliphatic rings. The Morgan fingerprint density at radius 1 is 0.571 bits per heavy atom. The Balaban J connectivity index is 1.48. The number of sulfonamides is 2. The molecule has 56 heavy (non-hydrogen) atoms. The highest BCUT2D eigenvalue weighted by atomic mass is 32.2. The quantitative estimate of drug-likeness (QED) is 0.0837. The summed E-state index contributed by atoms with van der Waals surface area (Å²) in [6, 6.07) is 40.6. The second-order valence-corrected chi connectivity index (χ2v) is 18.1. The van der Waals surface area contributed by atoms with Gasteiger partial charge in [0.15, 0.2) is 0 Å². The minimum Gasteiger partial charge on any atom is -0.375 e. The molecule has 0 aromatic heterocycles. The molecule has 1 heterocycles. The number of hydrogen-bond donors (Lipinski definition) is 0. The highest BCUT2D eigenvalue weighted by Gasteiger charge is 2.56. The molecule has 1 fully saturated rings. The van der Waals surface area contributed by atoms with Gasteiger partial charge in [-0.1, -0.05) is 140 Å². The fraction of sp³-hybridized carbons (Fsp3) is 0.333. The lowest BCUT2D eigenvalue weighted by atomic mass is 10.1. The highest BCUT2D eigenvalue weighted by molar-refractivity contribution is 7.89. The summed E-state index contributed by atoms with van der Waals surface area (Å²) in [5, 5.41) is 0. The molecule has 4 atom stereocenters. The first-order chi connectivity index (χ1) is 27.1. The van der Waals surface area contributed by atoms with Crippen molar-refractivity contribution in [2.45, 2.75) is 87.5 Å². The van der Waals surface area contributed by atoms with Gasteiger partial charge in [-0.05, 0) is 61.2 Å². The summed E-state index contributed by atoms with van der Waals surface area (Å²) in [6.07, 6.45) is -0.407. The van der Waals surface area contributed by atoms with Crippen molar-refractivity contribution in [3.05, 3.63) is 167 Å². The van der Waals surface area contributed by atoms with Gasteiger partial charge in [0.2, 0.25) is 20.0 Å². The number of benzene rings is 5. The third kappa shape index (κ3) is 10.2. The molecule has 0 bridgehead atoms. The Kier molecular flexibility index (Phi) is 14.3. The lowest BCUT2D eigenvalue weighted by Crippen LogP contribution is -2.51. The molecule has 5 aromatic rings. The molecule has 0 radical (unpaired) electrons. The summed E-state index contributed by atoms with van der Waals surface area (Å²) in [4.78, 5) is 0.236. The maximum atomic E-state index is 15.2. The molecular weight excluding hydrogens is 745 g/mol. The van der Waals surface area contributed by atoms with Gasteiger partial charge in [-0.2, -0.15) is 8.61 Å². The van der Waals surface area contributed by atoms with E-state index in [1.165, 1.54) is 8.61 Å². The molecule has 0 saturated carbocycles. The first kappa shape index (κ1) is 41.4. The molecule has 0 aliphatic carbocycles. The predicted octanol–water partition coefficient (Wildman–Crippen LogP) is 7.92. The van der Waals surface area contributed by atoms with E-state index in [0.29, 0.717) is 6.42 Å². The van der Waals surface area contributed by atoms with Crippen LogP contribution < -0.4 is 0 Å². The minimum atomic E-state index is -4.29. The number of ether oxygens (including phenoxy) is 3. The molecule has 9 nitrogen and oxygen atoms in total. The highest BCUT2D eigenvalue weighted by Crippen LogP contribution is 2.38. The number of nitrogens with zero attached hydrogens (tertiary/aromatic N) is 2. The van der Waals surface area contributed by atoms with Crippen LogP contribution in [0.2, 0.25) is 0 Å². The van der Waals surface area contributed by atoms with Gasteiger partial charge >= 0.3 is 0 Å². The Morgan fingerprint density at radius 2 is 1.02 bits per heavy atom. The SMILES string of the molecule is CCCCN(C[C@H]1[C@@H](OCc2ccccc2)[C@H](OCc2ccccc2)[C@H](COCc2ccccc2)N1S(=O)(=O)c1ccc(C)cc1)S(=O)(=O)c1ccc(C)cc1. The van der Waals surface area contributed by atoms with Gasteiger partial charge in [-0.3, -0.25) is 0 Å². The lowest BCUT2D eigenvalue weighted by molar-refractivity contribution is -0.0867. The van der Waals surface area contributed by atoms with E-state index in [-0.39, 0.29) is 49.3 Å². The third-order valence-electron chi connectivity index (χ3n) is 10.1. The molecule has 0 spiro atoms. The van der Waals surface area contributed by atoms with Crippen molar-refractivity contribution in [3.8, 4) is 0 Å². The number of rotatable bonds is 19. The molecule has 5 aromatic carbocycles. The largest absolute Gasteiger partial charge is 0.375 e. The van der Waals surface area contributed by atoms with E-state index >= 15 is 8.42 Å². The average Bonchev–Trinajstić information content (AvgIpc) is 3.51.